The van der Waals surface area contributed by atoms with Gasteiger partial charge in [-0.25, -0.2) is 4.57 Å². The molecule has 3 aromatic heterocycles. The van der Waals surface area contributed by atoms with Crippen LogP contribution in [0.3, 0.4) is 0 Å². The van der Waals surface area contributed by atoms with Crippen molar-refractivity contribution in [1.29, 1.82) is 0 Å². The zero-order chi connectivity index (χ0) is 14.1. The highest BCUT2D eigenvalue weighted by molar-refractivity contribution is 9.10. The zero-order valence-corrected chi connectivity index (χ0v) is 16.3. The van der Waals surface area contributed by atoms with Crippen LogP contribution in [0.2, 0.25) is 0 Å². The van der Waals surface area contributed by atoms with Crippen LogP contribution in [0.1, 0.15) is 26.1 Å². The molecule has 0 N–H and O–H groups in total. The molecule has 8 heteroatoms. The number of halogens is 2. The van der Waals surface area contributed by atoms with Crippen molar-refractivity contribution in [1.82, 2.24) is 19.8 Å². The molecule has 0 amide bonds. The van der Waals surface area contributed by atoms with Gasteiger partial charge >= 0.3 is 0 Å². The Morgan fingerprint density at radius 1 is 1.29 bits per heavy atom. The van der Waals surface area contributed by atoms with Crippen molar-refractivity contribution in [3.63, 3.8) is 0 Å². The minimum Gasteiger partial charge on any atom is -1.00 e. The normalized spacial score (nSPS) is 10.8. The first-order valence-corrected chi connectivity index (χ1v) is 8.23. The Balaban J connectivity index is 0.00000161. The lowest BCUT2D eigenvalue weighted by atomic mass is 10.3. The molecule has 3 heterocycles. The Morgan fingerprint density at radius 2 is 2.10 bits per heavy atom. The van der Waals surface area contributed by atoms with E-state index in [4.69, 9.17) is 0 Å². The Hall–Kier alpha value is -0.610. The third kappa shape index (κ3) is 3.42. The molecular formula is C13H15BrIN5S. The number of nitrogens with zero attached hydrogens (tertiary/aromatic N) is 5. The summed E-state index contributed by atoms with van der Waals surface area (Å²) in [6.45, 7) is 5.23. The van der Waals surface area contributed by atoms with E-state index in [1.807, 2.05) is 4.52 Å². The van der Waals surface area contributed by atoms with Crippen LogP contribution in [0.15, 0.2) is 22.9 Å². The molecule has 0 unspecified atom stereocenters. The summed E-state index contributed by atoms with van der Waals surface area (Å²) < 4.78 is 5.08. The van der Waals surface area contributed by atoms with E-state index in [0.29, 0.717) is 0 Å². The van der Waals surface area contributed by atoms with Gasteiger partial charge in [0.25, 0.3) is 0 Å². The second-order valence-electron chi connectivity index (χ2n) is 4.55. The van der Waals surface area contributed by atoms with Crippen LogP contribution < -0.4 is 28.5 Å². The van der Waals surface area contributed by atoms with Crippen molar-refractivity contribution >= 4 is 32.2 Å². The minimum absolute atomic E-state index is 0. The van der Waals surface area contributed by atoms with E-state index in [-0.39, 0.29) is 24.0 Å². The maximum Gasteiger partial charge on any atom is 0.234 e. The van der Waals surface area contributed by atoms with E-state index in [9.17, 15) is 0 Å². The number of aromatic nitrogens is 5. The van der Waals surface area contributed by atoms with Crippen LogP contribution in [-0.4, -0.2) is 19.8 Å². The molecule has 0 spiro atoms. The second-order valence-corrected chi connectivity index (χ2v) is 6.42. The number of hydrogen-bond donors (Lipinski definition) is 0. The molecule has 0 fully saturated rings. The number of aryl methyl sites for hydroxylation is 2. The Labute approximate surface area is 152 Å². The topological polar surface area (TPSA) is 47.0 Å². The zero-order valence-electron chi connectivity index (χ0n) is 11.8. The molecule has 0 aliphatic rings. The molecule has 0 aliphatic carbocycles. The molecule has 0 radical (unpaired) electrons. The summed E-state index contributed by atoms with van der Waals surface area (Å²) in [5.74, 6) is 0.902. The van der Waals surface area contributed by atoms with Crippen molar-refractivity contribution in [2.75, 3.05) is 0 Å². The van der Waals surface area contributed by atoms with Crippen LogP contribution in [0, 0.1) is 0 Å². The molecule has 0 aliphatic heterocycles. The van der Waals surface area contributed by atoms with Gasteiger partial charge in [-0.05, 0) is 22.0 Å². The summed E-state index contributed by atoms with van der Waals surface area (Å²) in [5, 5.41) is 13.9. The third-order valence-electron chi connectivity index (χ3n) is 2.99. The van der Waals surface area contributed by atoms with Crippen LogP contribution in [0.4, 0.5) is 0 Å². The van der Waals surface area contributed by atoms with Crippen LogP contribution in [0.25, 0.3) is 15.5 Å². The van der Waals surface area contributed by atoms with Gasteiger partial charge in [-0.1, -0.05) is 25.2 Å². The fourth-order valence-corrected chi connectivity index (χ4v) is 3.45. The van der Waals surface area contributed by atoms with Gasteiger partial charge < -0.3 is 24.0 Å². The van der Waals surface area contributed by atoms with E-state index in [1.54, 1.807) is 11.3 Å². The van der Waals surface area contributed by atoms with Gasteiger partial charge in [-0.2, -0.15) is 9.61 Å². The lowest BCUT2D eigenvalue weighted by Gasteiger charge is -1.98. The average molecular weight is 480 g/mol. The number of pyridine rings is 1. The number of fused-ring (bicyclic) bond motifs is 1. The first-order chi connectivity index (χ1) is 9.71. The number of hydrogen-bond acceptors (Lipinski definition) is 4. The van der Waals surface area contributed by atoms with E-state index in [2.05, 4.69) is 68.1 Å². The minimum atomic E-state index is 0. The molecule has 3 rings (SSSR count). The van der Waals surface area contributed by atoms with Gasteiger partial charge in [0, 0.05) is 12.8 Å². The van der Waals surface area contributed by atoms with Crippen molar-refractivity contribution in [2.45, 2.75) is 33.2 Å². The lowest BCUT2D eigenvalue weighted by Crippen LogP contribution is -3.00. The first-order valence-electron chi connectivity index (χ1n) is 6.62. The van der Waals surface area contributed by atoms with Crippen molar-refractivity contribution in [3.8, 4) is 10.6 Å². The molecule has 0 atom stereocenters. The van der Waals surface area contributed by atoms with Crippen LogP contribution in [-0.2, 0) is 13.0 Å². The quantitative estimate of drug-likeness (QED) is 0.387. The molecule has 0 saturated carbocycles. The molecule has 0 saturated heterocycles. The monoisotopic (exact) mass is 479 g/mol. The van der Waals surface area contributed by atoms with Crippen LogP contribution >= 0.6 is 27.3 Å². The summed E-state index contributed by atoms with van der Waals surface area (Å²) in [5.41, 5.74) is 1.10. The number of rotatable bonds is 4. The molecule has 0 aromatic carbocycles. The van der Waals surface area contributed by atoms with Gasteiger partial charge in [-0.15, -0.1) is 10.2 Å². The Kier molecular flexibility index (Phi) is 5.67. The second kappa shape index (κ2) is 7.10. The molecule has 112 valence electrons. The van der Waals surface area contributed by atoms with E-state index in [1.165, 1.54) is 0 Å². The van der Waals surface area contributed by atoms with Crippen molar-refractivity contribution in [2.24, 2.45) is 0 Å². The fraction of sp³-hybridized carbons (Fsp3) is 0.385. The van der Waals surface area contributed by atoms with E-state index < -0.39 is 0 Å². The maximum absolute atomic E-state index is 4.63. The first kappa shape index (κ1) is 16.8. The van der Waals surface area contributed by atoms with Crippen molar-refractivity contribution < 1.29 is 28.5 Å². The smallest absolute Gasteiger partial charge is 0.234 e. The molecule has 3 aromatic rings. The Bertz CT molecular complexity index is 754. The summed E-state index contributed by atoms with van der Waals surface area (Å²) in [7, 11) is 0. The van der Waals surface area contributed by atoms with Crippen LogP contribution in [0.5, 0.6) is 0 Å². The Morgan fingerprint density at radius 3 is 2.81 bits per heavy atom. The average Bonchev–Trinajstić information content (AvgIpc) is 2.97. The highest BCUT2D eigenvalue weighted by Crippen LogP contribution is 2.26. The molecule has 0 bridgehead atoms. The van der Waals surface area contributed by atoms with Gasteiger partial charge in [0.1, 0.15) is 6.54 Å². The summed E-state index contributed by atoms with van der Waals surface area (Å²) in [6, 6.07) is 2.09. The maximum atomic E-state index is 4.63. The summed E-state index contributed by atoms with van der Waals surface area (Å²) in [4.78, 5) is 0.846. The van der Waals surface area contributed by atoms with Gasteiger partial charge in [0.15, 0.2) is 23.2 Å². The predicted octanol–water partition coefficient (Wildman–Crippen LogP) is -0.121. The molecule has 21 heavy (non-hydrogen) atoms. The predicted molar refractivity (Wildman–Crippen MR) is 81.7 cm³/mol. The lowest BCUT2D eigenvalue weighted by molar-refractivity contribution is -0.697. The third-order valence-corrected chi connectivity index (χ3v) is 4.37. The van der Waals surface area contributed by atoms with Crippen molar-refractivity contribution in [3.05, 3.63) is 28.8 Å². The largest absolute Gasteiger partial charge is 1.00 e. The van der Waals surface area contributed by atoms with E-state index in [0.717, 1.165) is 45.2 Å². The van der Waals surface area contributed by atoms with E-state index >= 15 is 0 Å². The van der Waals surface area contributed by atoms with Gasteiger partial charge in [0.2, 0.25) is 4.96 Å². The van der Waals surface area contributed by atoms with Gasteiger partial charge in [0.05, 0.1) is 10.0 Å². The molecule has 5 nitrogen and oxygen atoms in total. The highest BCUT2D eigenvalue weighted by atomic mass is 127. The summed E-state index contributed by atoms with van der Waals surface area (Å²) >= 11 is 5.13. The fourth-order valence-electron chi connectivity index (χ4n) is 2.10. The highest BCUT2D eigenvalue weighted by Gasteiger charge is 2.15. The standard InChI is InChI=1S/C13H15BrN5S.HI/c1-3-5-18-7-9(6-10(14)8-18)12-17-19-11(4-2)15-16-13(19)20-12;/h6-8H,3-5H2,1-2H3;1H/q+1;/p-1. The summed E-state index contributed by atoms with van der Waals surface area (Å²) in [6.07, 6.45) is 6.15. The van der Waals surface area contributed by atoms with Gasteiger partial charge in [-0.3, -0.25) is 0 Å². The molecular weight excluding hydrogens is 465 g/mol. The SMILES string of the molecule is CCC[n+]1cc(Br)cc(-c2nn3c(CC)nnc3s2)c1.[I-].